The van der Waals surface area contributed by atoms with E-state index in [1.807, 2.05) is 48.3 Å². The second kappa shape index (κ2) is 9.05. The largest absolute Gasteiger partial charge is 0.385 e. The first kappa shape index (κ1) is 18.7. The summed E-state index contributed by atoms with van der Waals surface area (Å²) in [7, 11) is 3.51. The van der Waals surface area contributed by atoms with Gasteiger partial charge in [0.25, 0.3) is 0 Å². The topological polar surface area (TPSA) is 80.2 Å². The van der Waals surface area contributed by atoms with E-state index in [1.165, 1.54) is 0 Å². The van der Waals surface area contributed by atoms with Gasteiger partial charge in [0.05, 0.1) is 12.1 Å². The van der Waals surface area contributed by atoms with Crippen molar-refractivity contribution in [3.8, 4) is 11.4 Å². The molecule has 0 spiro atoms. The van der Waals surface area contributed by atoms with E-state index in [0.717, 1.165) is 28.7 Å². The first-order chi connectivity index (χ1) is 13.2. The van der Waals surface area contributed by atoms with Gasteiger partial charge in [-0.3, -0.25) is 9.78 Å². The fourth-order valence-corrected chi connectivity index (χ4v) is 2.77. The molecule has 0 atom stereocenters. The molecule has 1 amide bonds. The zero-order chi connectivity index (χ0) is 19.1. The molecular formula is C20H23N5O2. The highest BCUT2D eigenvalue weighted by Gasteiger charge is 2.15. The summed E-state index contributed by atoms with van der Waals surface area (Å²) in [6.45, 7) is 1.43. The monoisotopic (exact) mass is 365 g/mol. The highest BCUT2D eigenvalue weighted by atomic mass is 16.5. The molecule has 27 heavy (non-hydrogen) atoms. The van der Waals surface area contributed by atoms with E-state index in [9.17, 15) is 4.79 Å². The third-order valence-electron chi connectivity index (χ3n) is 4.11. The molecule has 0 saturated carbocycles. The van der Waals surface area contributed by atoms with E-state index >= 15 is 0 Å². The molecule has 7 heteroatoms. The molecule has 0 unspecified atom stereocenters. The summed E-state index contributed by atoms with van der Waals surface area (Å²) in [5, 5.41) is 3.81. The minimum absolute atomic E-state index is 0.0539. The van der Waals surface area contributed by atoms with Gasteiger partial charge >= 0.3 is 0 Å². The number of aromatic nitrogens is 3. The maximum absolute atomic E-state index is 12.2. The third kappa shape index (κ3) is 4.77. The smallest absolute Gasteiger partial charge is 0.239 e. The Labute approximate surface area is 158 Å². The van der Waals surface area contributed by atoms with Crippen LogP contribution in [0.15, 0.2) is 48.8 Å². The predicted molar refractivity (Wildman–Crippen MR) is 106 cm³/mol. The summed E-state index contributed by atoms with van der Waals surface area (Å²) in [5.41, 5.74) is 1.72. The van der Waals surface area contributed by atoms with Crippen molar-refractivity contribution in [1.29, 1.82) is 0 Å². The summed E-state index contributed by atoms with van der Waals surface area (Å²) >= 11 is 0. The average Bonchev–Trinajstić information content (AvgIpc) is 2.71. The molecular weight excluding hydrogens is 342 g/mol. The van der Waals surface area contributed by atoms with Gasteiger partial charge in [-0.25, -0.2) is 9.97 Å². The maximum Gasteiger partial charge on any atom is 0.239 e. The minimum Gasteiger partial charge on any atom is -0.385 e. The maximum atomic E-state index is 12.2. The van der Waals surface area contributed by atoms with Crippen LogP contribution in [-0.4, -0.2) is 54.7 Å². The van der Waals surface area contributed by atoms with Crippen molar-refractivity contribution in [3.63, 3.8) is 0 Å². The van der Waals surface area contributed by atoms with Gasteiger partial charge in [-0.2, -0.15) is 0 Å². The van der Waals surface area contributed by atoms with Crippen LogP contribution >= 0.6 is 0 Å². The highest BCUT2D eigenvalue weighted by Crippen LogP contribution is 2.26. The number of nitrogens with zero attached hydrogens (tertiary/aromatic N) is 4. The van der Waals surface area contributed by atoms with E-state index in [0.29, 0.717) is 19.0 Å². The number of pyridine rings is 1. The Bertz CT molecular complexity index is 901. The molecule has 0 aliphatic heterocycles. The summed E-state index contributed by atoms with van der Waals surface area (Å²) in [6, 6.07) is 11.5. The van der Waals surface area contributed by atoms with E-state index in [1.54, 1.807) is 19.5 Å². The van der Waals surface area contributed by atoms with E-state index < -0.39 is 0 Å². The SMILES string of the molecule is COCCCNC(=O)CN(C)c1nc(-c2ccncc2)nc2ccccc12. The molecule has 2 heterocycles. The fraction of sp³-hybridized carbons (Fsp3) is 0.300. The lowest BCUT2D eigenvalue weighted by Crippen LogP contribution is -2.36. The average molecular weight is 365 g/mol. The number of likely N-dealkylation sites (N-methyl/N-ethyl adjacent to an activating group) is 1. The number of methoxy groups -OCH3 is 1. The molecule has 0 bridgehead atoms. The molecule has 0 fully saturated rings. The normalized spacial score (nSPS) is 10.7. The third-order valence-corrected chi connectivity index (χ3v) is 4.11. The standard InChI is InChI=1S/C20H23N5O2/c1-25(14-18(26)22-10-5-13-27-2)20-16-6-3-4-7-17(16)23-19(24-20)15-8-11-21-12-9-15/h3-4,6-9,11-12H,5,10,13-14H2,1-2H3,(H,22,26). The molecule has 3 rings (SSSR count). The Kier molecular flexibility index (Phi) is 6.27. The van der Waals surface area contributed by atoms with Gasteiger partial charge in [-0.1, -0.05) is 12.1 Å². The summed E-state index contributed by atoms with van der Waals surface area (Å²) < 4.78 is 4.99. The van der Waals surface area contributed by atoms with Gasteiger partial charge in [0.1, 0.15) is 5.82 Å². The Hall–Kier alpha value is -3.06. The van der Waals surface area contributed by atoms with Crippen molar-refractivity contribution in [2.24, 2.45) is 0 Å². The molecule has 0 saturated heterocycles. The molecule has 0 aliphatic carbocycles. The van der Waals surface area contributed by atoms with Gasteiger partial charge in [0.2, 0.25) is 5.91 Å². The zero-order valence-electron chi connectivity index (χ0n) is 15.6. The lowest BCUT2D eigenvalue weighted by Gasteiger charge is -2.20. The van der Waals surface area contributed by atoms with Crippen LogP contribution in [0, 0.1) is 0 Å². The van der Waals surface area contributed by atoms with Crippen LogP contribution in [-0.2, 0) is 9.53 Å². The van der Waals surface area contributed by atoms with Crippen molar-refractivity contribution in [1.82, 2.24) is 20.3 Å². The van der Waals surface area contributed by atoms with Crippen LogP contribution in [0.3, 0.4) is 0 Å². The summed E-state index contributed by atoms with van der Waals surface area (Å²) in [4.78, 5) is 27.5. The molecule has 0 radical (unpaired) electrons. The predicted octanol–water partition coefficient (Wildman–Crippen LogP) is 2.28. The van der Waals surface area contributed by atoms with Crippen molar-refractivity contribution in [2.45, 2.75) is 6.42 Å². The van der Waals surface area contributed by atoms with Crippen molar-refractivity contribution in [2.75, 3.05) is 38.8 Å². The van der Waals surface area contributed by atoms with Crippen molar-refractivity contribution >= 4 is 22.6 Å². The number of fused-ring (bicyclic) bond motifs is 1. The van der Waals surface area contributed by atoms with Crippen molar-refractivity contribution in [3.05, 3.63) is 48.8 Å². The zero-order valence-corrected chi connectivity index (χ0v) is 15.6. The number of hydrogen-bond acceptors (Lipinski definition) is 6. The van der Waals surface area contributed by atoms with Crippen LogP contribution < -0.4 is 10.2 Å². The van der Waals surface area contributed by atoms with E-state index in [2.05, 4.69) is 15.3 Å². The number of benzene rings is 1. The molecule has 1 aromatic carbocycles. The van der Waals surface area contributed by atoms with Crippen LogP contribution in [0.1, 0.15) is 6.42 Å². The molecule has 0 aliphatic rings. The van der Waals surface area contributed by atoms with E-state index in [-0.39, 0.29) is 12.5 Å². The van der Waals surface area contributed by atoms with Gasteiger partial charge in [-0.05, 0) is 30.7 Å². The Balaban J connectivity index is 1.85. The highest BCUT2D eigenvalue weighted by molar-refractivity contribution is 5.92. The number of carbonyl (C=O) groups excluding carboxylic acids is 1. The number of rotatable bonds is 8. The summed E-state index contributed by atoms with van der Waals surface area (Å²) in [6.07, 6.45) is 4.21. The minimum atomic E-state index is -0.0539. The molecule has 2 aromatic heterocycles. The quantitative estimate of drug-likeness (QED) is 0.617. The van der Waals surface area contributed by atoms with Crippen LogP contribution in [0.2, 0.25) is 0 Å². The number of carbonyl (C=O) groups is 1. The Morgan fingerprint density at radius 3 is 2.70 bits per heavy atom. The molecule has 1 N–H and O–H groups in total. The van der Waals surface area contributed by atoms with Gasteiger partial charge in [-0.15, -0.1) is 0 Å². The number of anilines is 1. The second-order valence-corrected chi connectivity index (χ2v) is 6.18. The van der Waals surface area contributed by atoms with E-state index in [4.69, 9.17) is 9.72 Å². The van der Waals surface area contributed by atoms with Gasteiger partial charge < -0.3 is 15.0 Å². The first-order valence-corrected chi connectivity index (χ1v) is 8.83. The lowest BCUT2D eigenvalue weighted by atomic mass is 10.2. The molecule has 7 nitrogen and oxygen atoms in total. The van der Waals surface area contributed by atoms with Gasteiger partial charge in [0, 0.05) is 50.7 Å². The van der Waals surface area contributed by atoms with Crippen LogP contribution in [0.25, 0.3) is 22.3 Å². The van der Waals surface area contributed by atoms with Crippen LogP contribution in [0.5, 0.6) is 0 Å². The number of para-hydroxylation sites is 1. The number of amides is 1. The molecule has 3 aromatic rings. The number of nitrogens with one attached hydrogen (secondary N) is 1. The number of ether oxygens (including phenoxy) is 1. The first-order valence-electron chi connectivity index (χ1n) is 8.83. The Morgan fingerprint density at radius 1 is 1.15 bits per heavy atom. The fourth-order valence-electron chi connectivity index (χ4n) is 2.77. The lowest BCUT2D eigenvalue weighted by molar-refractivity contribution is -0.119. The number of hydrogen-bond donors (Lipinski definition) is 1. The summed E-state index contributed by atoms with van der Waals surface area (Å²) in [5.74, 6) is 1.28. The molecule has 140 valence electrons. The van der Waals surface area contributed by atoms with Crippen molar-refractivity contribution < 1.29 is 9.53 Å². The second-order valence-electron chi connectivity index (χ2n) is 6.18. The van der Waals surface area contributed by atoms with Gasteiger partial charge in [0.15, 0.2) is 5.82 Å². The Morgan fingerprint density at radius 2 is 1.93 bits per heavy atom. The van der Waals surface area contributed by atoms with Crippen LogP contribution in [0.4, 0.5) is 5.82 Å².